The van der Waals surface area contributed by atoms with Crippen molar-refractivity contribution in [3.63, 3.8) is 0 Å². The van der Waals surface area contributed by atoms with E-state index in [1.54, 1.807) is 13.8 Å². The summed E-state index contributed by atoms with van der Waals surface area (Å²) in [6, 6.07) is 0.812. The molecule has 41 heavy (non-hydrogen) atoms. The Morgan fingerprint density at radius 3 is 2.46 bits per heavy atom. The molecule has 0 radical (unpaired) electrons. The summed E-state index contributed by atoms with van der Waals surface area (Å²) in [5.74, 6) is -3.18. The number of anilines is 1. The van der Waals surface area contributed by atoms with E-state index in [-0.39, 0.29) is 36.7 Å². The second-order valence-electron chi connectivity index (χ2n) is 11.2. The molecule has 2 N–H and O–H groups in total. The van der Waals surface area contributed by atoms with E-state index >= 15 is 0 Å². The number of halogens is 5. The molecule has 2 heterocycles. The summed E-state index contributed by atoms with van der Waals surface area (Å²) < 4.78 is 74.1. The van der Waals surface area contributed by atoms with Crippen LogP contribution in [0.4, 0.5) is 27.6 Å². The highest BCUT2D eigenvalue weighted by Gasteiger charge is 2.46. The Bertz CT molecular complexity index is 1150. The number of carbonyl (C=O) groups is 3. The summed E-state index contributed by atoms with van der Waals surface area (Å²) in [6.07, 6.45) is -6.47. The van der Waals surface area contributed by atoms with Gasteiger partial charge >= 0.3 is 12.6 Å². The fourth-order valence-electron chi connectivity index (χ4n) is 5.44. The summed E-state index contributed by atoms with van der Waals surface area (Å²) >= 11 is 0. The van der Waals surface area contributed by atoms with Gasteiger partial charge in [0.25, 0.3) is 24.6 Å². The minimum Gasteiger partial charge on any atom is -0.476 e. The molecule has 1 aromatic rings. The van der Waals surface area contributed by atoms with E-state index in [1.165, 1.54) is 25.9 Å². The zero-order valence-electron chi connectivity index (χ0n) is 23.9. The molecule has 0 saturated carbocycles. The maximum atomic E-state index is 14.4. The molecule has 3 rings (SSSR count). The number of nitrogens with one attached hydrogen (secondary N) is 2. The minimum atomic E-state index is -4.94. The lowest BCUT2D eigenvalue weighted by Crippen LogP contribution is -2.54. The Morgan fingerprint density at radius 1 is 1.24 bits per heavy atom. The Hall–Kier alpha value is -2.94. The van der Waals surface area contributed by atoms with Crippen LogP contribution in [0.25, 0.3) is 0 Å². The molecule has 2 aliphatic rings. The largest absolute Gasteiger partial charge is 0.476 e. The molecule has 0 bridgehead atoms. The molecule has 3 amide bonds. The number of fused-ring (bicyclic) bond motifs is 1. The summed E-state index contributed by atoms with van der Waals surface area (Å²) in [5, 5.41) is 4.89. The van der Waals surface area contributed by atoms with Crippen LogP contribution in [0.5, 0.6) is 5.75 Å². The van der Waals surface area contributed by atoms with Crippen molar-refractivity contribution in [2.24, 2.45) is 0 Å². The second-order valence-corrected chi connectivity index (χ2v) is 11.2. The maximum absolute atomic E-state index is 14.4. The van der Waals surface area contributed by atoms with Gasteiger partial charge in [-0.3, -0.25) is 14.4 Å². The third-order valence-corrected chi connectivity index (χ3v) is 7.51. The maximum Gasteiger partial charge on any atom is 0.417 e. The number of rotatable bonds is 9. The van der Waals surface area contributed by atoms with Crippen LogP contribution in [0.1, 0.15) is 63.4 Å². The van der Waals surface area contributed by atoms with Gasteiger partial charge in [-0.15, -0.1) is 0 Å². The van der Waals surface area contributed by atoms with Crippen LogP contribution in [0.15, 0.2) is 12.1 Å². The quantitative estimate of drug-likeness (QED) is 0.255. The summed E-state index contributed by atoms with van der Waals surface area (Å²) in [5.41, 5.74) is -3.62. The zero-order chi connectivity index (χ0) is 30.9. The Kier molecular flexibility index (Phi) is 9.94. The molecule has 2 unspecified atom stereocenters. The third kappa shape index (κ3) is 7.11. The van der Waals surface area contributed by atoms with E-state index in [2.05, 4.69) is 5.39 Å². The average molecular weight is 590 g/mol. The Labute approximate surface area is 236 Å². The molecule has 15 heteroatoms. The summed E-state index contributed by atoms with van der Waals surface area (Å²) in [4.78, 5) is 46.1. The number of amides is 3. The third-order valence-electron chi connectivity index (χ3n) is 7.51. The molecular formula is C26H36BF5N4O5. The molecule has 2 aliphatic heterocycles. The predicted octanol–water partition coefficient (Wildman–Crippen LogP) is 4.14. The van der Waals surface area contributed by atoms with Crippen molar-refractivity contribution < 1.29 is 45.9 Å². The lowest BCUT2D eigenvalue weighted by molar-refractivity contribution is -0.138. The first-order valence-corrected chi connectivity index (χ1v) is 13.4. The van der Waals surface area contributed by atoms with Crippen molar-refractivity contribution >= 4 is 30.3 Å². The van der Waals surface area contributed by atoms with Crippen LogP contribution >= 0.6 is 0 Å². The van der Waals surface area contributed by atoms with Crippen molar-refractivity contribution in [3.05, 3.63) is 23.3 Å². The summed E-state index contributed by atoms with van der Waals surface area (Å²) in [7, 11) is 1.47. The molecule has 1 fully saturated rings. The monoisotopic (exact) mass is 590 g/mol. The number of nitrogens with zero attached hydrogens (tertiary/aromatic N) is 2. The molecular weight excluding hydrogens is 554 g/mol. The van der Waals surface area contributed by atoms with Crippen molar-refractivity contribution in [2.75, 3.05) is 25.1 Å². The van der Waals surface area contributed by atoms with Crippen LogP contribution in [-0.2, 0) is 20.6 Å². The van der Waals surface area contributed by atoms with Gasteiger partial charge in [0.05, 0.1) is 23.9 Å². The highest BCUT2D eigenvalue weighted by Crippen LogP contribution is 2.44. The van der Waals surface area contributed by atoms with Crippen molar-refractivity contribution in [1.29, 1.82) is 0 Å². The van der Waals surface area contributed by atoms with E-state index in [4.69, 9.17) is 9.57 Å². The van der Waals surface area contributed by atoms with Gasteiger partial charge in [0.15, 0.2) is 5.60 Å². The van der Waals surface area contributed by atoms with Gasteiger partial charge < -0.3 is 24.7 Å². The summed E-state index contributed by atoms with van der Waals surface area (Å²) in [6.45, 7) is 7.30. The van der Waals surface area contributed by atoms with Gasteiger partial charge in [0.2, 0.25) is 0 Å². The molecule has 1 aromatic carbocycles. The number of benzene rings is 1. The first kappa shape index (κ1) is 32.6. The topological polar surface area (TPSA) is 100 Å². The minimum absolute atomic E-state index is 0.120. The van der Waals surface area contributed by atoms with Gasteiger partial charge in [-0.05, 0) is 58.4 Å². The normalized spacial score (nSPS) is 20.7. The molecule has 9 nitrogen and oxygen atoms in total. The molecule has 0 spiro atoms. The standard InChI is InChI=1S/C26H36BF5N4O5/c1-14(2)36(16-8-7-15(3)27(13-16)34-40-6)23(38)17-11-19-20(12-18(17)26(30,31)32)41-25(4,5)24(39)35(19)10-9-33-22(37)21(28)29/h11-12,14-16,21,34H,7-10,13H2,1-6H3,(H,33,37). The lowest BCUT2D eigenvalue weighted by Gasteiger charge is -2.42. The first-order chi connectivity index (χ1) is 19.0. The van der Waals surface area contributed by atoms with Gasteiger partial charge in [0.1, 0.15) is 5.75 Å². The van der Waals surface area contributed by atoms with Crippen molar-refractivity contribution in [3.8, 4) is 5.75 Å². The number of hydrogen-bond acceptors (Lipinski definition) is 6. The van der Waals surface area contributed by atoms with Crippen molar-refractivity contribution in [2.45, 2.75) is 89.9 Å². The van der Waals surface area contributed by atoms with Gasteiger partial charge in [-0.1, -0.05) is 13.3 Å². The highest BCUT2D eigenvalue weighted by molar-refractivity contribution is 6.57. The van der Waals surface area contributed by atoms with Crippen LogP contribution in [-0.4, -0.2) is 73.8 Å². The molecule has 1 saturated heterocycles. The second kappa shape index (κ2) is 12.5. The number of hydrogen-bond donors (Lipinski definition) is 2. The van der Waals surface area contributed by atoms with E-state index < -0.39 is 59.6 Å². The van der Waals surface area contributed by atoms with Crippen LogP contribution in [0.3, 0.4) is 0 Å². The smallest absolute Gasteiger partial charge is 0.417 e. The van der Waals surface area contributed by atoms with Crippen molar-refractivity contribution in [1.82, 2.24) is 15.6 Å². The van der Waals surface area contributed by atoms with Gasteiger partial charge in [-0.25, -0.2) is 5.39 Å². The van der Waals surface area contributed by atoms with Crippen LogP contribution in [0, 0.1) is 0 Å². The molecule has 0 aliphatic carbocycles. The number of carbonyl (C=O) groups excluding carboxylic acids is 3. The van der Waals surface area contributed by atoms with E-state index in [0.29, 0.717) is 25.2 Å². The number of ether oxygens (including phenoxy) is 1. The predicted molar refractivity (Wildman–Crippen MR) is 142 cm³/mol. The average Bonchev–Trinajstić information content (AvgIpc) is 2.86. The zero-order valence-corrected chi connectivity index (χ0v) is 23.9. The van der Waals surface area contributed by atoms with E-state index in [1.807, 2.05) is 12.2 Å². The lowest BCUT2D eigenvalue weighted by atomic mass is 9.44. The molecule has 228 valence electrons. The number of alkyl halides is 5. The SMILES string of the molecule is CONB1CC(N(C(=O)c2cc3c(cc2C(F)(F)F)OC(C)(C)C(=O)N3CCNC(=O)C(F)F)C(C)C)CCC1C. The van der Waals surface area contributed by atoms with E-state index in [9.17, 15) is 36.3 Å². The van der Waals surface area contributed by atoms with Crippen LogP contribution < -0.4 is 20.3 Å². The fourth-order valence-corrected chi connectivity index (χ4v) is 5.44. The highest BCUT2D eigenvalue weighted by atomic mass is 19.4. The van der Waals surface area contributed by atoms with Gasteiger partial charge in [-0.2, -0.15) is 22.0 Å². The Balaban J connectivity index is 2.07. The molecule has 2 atom stereocenters. The fraction of sp³-hybridized carbons (Fsp3) is 0.654. The van der Waals surface area contributed by atoms with E-state index in [0.717, 1.165) is 11.0 Å². The Morgan fingerprint density at radius 2 is 1.90 bits per heavy atom. The first-order valence-electron chi connectivity index (χ1n) is 13.4. The van der Waals surface area contributed by atoms with Gasteiger partial charge in [0, 0.05) is 25.2 Å². The molecule has 0 aromatic heterocycles. The van der Waals surface area contributed by atoms with Crippen LogP contribution in [0.2, 0.25) is 12.1 Å².